The van der Waals surface area contributed by atoms with E-state index >= 15 is 0 Å². The van der Waals surface area contributed by atoms with Crippen LogP contribution in [0.15, 0.2) is 18.2 Å². The Balaban J connectivity index is 2.24. The second-order valence-corrected chi connectivity index (χ2v) is 6.03. The van der Waals surface area contributed by atoms with E-state index in [1.807, 2.05) is 0 Å². The van der Waals surface area contributed by atoms with Crippen molar-refractivity contribution >= 4 is 0 Å². The summed E-state index contributed by atoms with van der Waals surface area (Å²) < 4.78 is 55.6. The van der Waals surface area contributed by atoms with Crippen molar-refractivity contribution in [3.8, 4) is 5.75 Å². The molecule has 7 heteroatoms. The summed E-state index contributed by atoms with van der Waals surface area (Å²) in [5, 5.41) is 3.24. The third kappa shape index (κ3) is 5.63. The second kappa shape index (κ2) is 8.67. The summed E-state index contributed by atoms with van der Waals surface area (Å²) >= 11 is 0. The third-order valence-corrected chi connectivity index (χ3v) is 4.23. The Hall–Kier alpha value is -1.34. The molecule has 1 atom stereocenters. The first kappa shape index (κ1) is 19.0. The predicted molar refractivity (Wildman–Crippen MR) is 84.4 cm³/mol. The molecule has 3 nitrogen and oxygen atoms in total. The predicted octanol–water partition coefficient (Wildman–Crippen LogP) is 4.25. The summed E-state index contributed by atoms with van der Waals surface area (Å²) in [4.78, 5) is 2.14. The van der Waals surface area contributed by atoms with Crippen LogP contribution in [-0.2, 0) is 0 Å². The fourth-order valence-electron chi connectivity index (χ4n) is 3.09. The first-order valence-corrected chi connectivity index (χ1v) is 8.40. The van der Waals surface area contributed by atoms with Gasteiger partial charge in [-0.3, -0.25) is 4.90 Å². The van der Waals surface area contributed by atoms with E-state index in [9.17, 15) is 17.6 Å². The summed E-state index contributed by atoms with van der Waals surface area (Å²) in [6.07, 6.45) is -1.09. The zero-order valence-electron chi connectivity index (χ0n) is 13.8. The van der Waals surface area contributed by atoms with Crippen LogP contribution in [0.1, 0.15) is 44.2 Å². The zero-order valence-corrected chi connectivity index (χ0v) is 13.8. The minimum Gasteiger partial charge on any atom is -0.406 e. The van der Waals surface area contributed by atoms with Gasteiger partial charge >= 0.3 is 6.36 Å². The maximum absolute atomic E-state index is 14.3. The highest BCUT2D eigenvalue weighted by atomic mass is 19.4. The number of benzene rings is 1. The molecule has 0 radical (unpaired) electrons. The molecule has 1 heterocycles. The van der Waals surface area contributed by atoms with Crippen LogP contribution in [0.3, 0.4) is 0 Å². The lowest BCUT2D eigenvalue weighted by Gasteiger charge is -2.35. The van der Waals surface area contributed by atoms with Crippen LogP contribution in [0.2, 0.25) is 0 Å². The average molecular weight is 348 g/mol. The number of halogens is 4. The minimum absolute atomic E-state index is 0.226. The van der Waals surface area contributed by atoms with E-state index < -0.39 is 12.2 Å². The molecule has 0 spiro atoms. The first-order chi connectivity index (χ1) is 11.4. The van der Waals surface area contributed by atoms with E-state index in [4.69, 9.17) is 0 Å². The van der Waals surface area contributed by atoms with E-state index in [0.717, 1.165) is 64.0 Å². The van der Waals surface area contributed by atoms with Crippen LogP contribution in [-0.4, -0.2) is 37.4 Å². The molecule has 1 aromatic carbocycles. The van der Waals surface area contributed by atoms with E-state index in [2.05, 4.69) is 21.9 Å². The summed E-state index contributed by atoms with van der Waals surface area (Å²) in [5.41, 5.74) is 0.287. The Bertz CT molecular complexity index is 516. The molecule has 1 fully saturated rings. The highest BCUT2D eigenvalue weighted by molar-refractivity contribution is 5.32. The molecule has 1 aliphatic heterocycles. The standard InChI is InChI=1S/C17H24F4N2O/c1-2-3-4-5-16(23-10-8-22-9-11-23)14-12-13(6-7-15(14)18)24-17(19,20)21/h6-7,12,16,22H,2-5,8-11H2,1H3/t16-/m1/s1. The van der Waals surface area contributed by atoms with E-state index in [-0.39, 0.29) is 17.4 Å². The van der Waals surface area contributed by atoms with Crippen LogP contribution < -0.4 is 10.1 Å². The Morgan fingerprint density at radius 1 is 1.21 bits per heavy atom. The number of piperazine rings is 1. The Morgan fingerprint density at radius 3 is 2.54 bits per heavy atom. The minimum atomic E-state index is -4.78. The quantitative estimate of drug-likeness (QED) is 0.589. The van der Waals surface area contributed by atoms with Crippen LogP contribution in [0.4, 0.5) is 17.6 Å². The molecule has 0 unspecified atom stereocenters. The molecule has 0 aliphatic carbocycles. The van der Waals surface area contributed by atoms with E-state index in [1.165, 1.54) is 6.07 Å². The van der Waals surface area contributed by atoms with Gasteiger partial charge in [0.05, 0.1) is 0 Å². The number of rotatable bonds is 7. The molecule has 0 saturated carbocycles. The topological polar surface area (TPSA) is 24.5 Å². The molecule has 0 amide bonds. The monoisotopic (exact) mass is 348 g/mol. The normalized spacial score (nSPS) is 17.7. The van der Waals surface area contributed by atoms with Gasteiger partial charge in [0.1, 0.15) is 11.6 Å². The van der Waals surface area contributed by atoms with Gasteiger partial charge in [0.15, 0.2) is 0 Å². The SMILES string of the molecule is CCCCC[C@H](c1cc(OC(F)(F)F)ccc1F)N1CCNCC1. The van der Waals surface area contributed by atoms with Gasteiger partial charge in [-0.1, -0.05) is 26.2 Å². The molecule has 136 valence electrons. The van der Waals surface area contributed by atoms with Crippen molar-refractivity contribution in [2.24, 2.45) is 0 Å². The van der Waals surface area contributed by atoms with Crippen LogP contribution in [0, 0.1) is 5.82 Å². The van der Waals surface area contributed by atoms with Gasteiger partial charge in [-0.05, 0) is 24.6 Å². The molecule has 2 rings (SSSR count). The van der Waals surface area contributed by atoms with Crippen molar-refractivity contribution in [2.75, 3.05) is 26.2 Å². The Kier molecular flexibility index (Phi) is 6.86. The zero-order chi connectivity index (χ0) is 17.6. The number of ether oxygens (including phenoxy) is 1. The van der Waals surface area contributed by atoms with Crippen molar-refractivity contribution in [3.63, 3.8) is 0 Å². The van der Waals surface area contributed by atoms with Crippen molar-refractivity contribution in [3.05, 3.63) is 29.6 Å². The van der Waals surface area contributed by atoms with E-state index in [0.29, 0.717) is 0 Å². The van der Waals surface area contributed by atoms with Gasteiger partial charge in [-0.2, -0.15) is 0 Å². The number of hydrogen-bond acceptors (Lipinski definition) is 3. The third-order valence-electron chi connectivity index (χ3n) is 4.23. The summed E-state index contributed by atoms with van der Waals surface area (Å²) in [6, 6.07) is 3.05. The van der Waals surface area contributed by atoms with Crippen LogP contribution in [0.5, 0.6) is 5.75 Å². The number of unbranched alkanes of at least 4 members (excludes halogenated alkanes) is 2. The van der Waals surface area contributed by atoms with Gasteiger partial charge < -0.3 is 10.1 Å². The lowest BCUT2D eigenvalue weighted by atomic mass is 9.97. The molecule has 1 saturated heterocycles. The highest BCUT2D eigenvalue weighted by Crippen LogP contribution is 2.33. The van der Waals surface area contributed by atoms with E-state index in [1.54, 1.807) is 0 Å². The summed E-state index contributed by atoms with van der Waals surface area (Å²) in [5.74, 6) is -0.848. The summed E-state index contributed by atoms with van der Waals surface area (Å²) in [7, 11) is 0. The fourth-order valence-corrected chi connectivity index (χ4v) is 3.09. The Morgan fingerprint density at radius 2 is 1.92 bits per heavy atom. The molecule has 1 aliphatic rings. The lowest BCUT2D eigenvalue weighted by Crippen LogP contribution is -2.45. The first-order valence-electron chi connectivity index (χ1n) is 8.40. The van der Waals surface area contributed by atoms with Crippen molar-refractivity contribution in [1.82, 2.24) is 10.2 Å². The molecule has 0 bridgehead atoms. The largest absolute Gasteiger partial charge is 0.573 e. The van der Waals surface area contributed by atoms with Gasteiger partial charge in [-0.15, -0.1) is 13.2 Å². The molecule has 1 N–H and O–H groups in total. The van der Waals surface area contributed by atoms with Crippen molar-refractivity contribution in [1.29, 1.82) is 0 Å². The van der Waals surface area contributed by atoms with Crippen molar-refractivity contribution in [2.45, 2.75) is 45.0 Å². The van der Waals surface area contributed by atoms with Gasteiger partial charge in [0, 0.05) is 37.8 Å². The number of hydrogen-bond donors (Lipinski definition) is 1. The lowest BCUT2D eigenvalue weighted by molar-refractivity contribution is -0.274. The Labute approximate surface area is 140 Å². The number of nitrogens with zero attached hydrogens (tertiary/aromatic N) is 1. The van der Waals surface area contributed by atoms with Gasteiger partial charge in [0.25, 0.3) is 0 Å². The van der Waals surface area contributed by atoms with Crippen molar-refractivity contribution < 1.29 is 22.3 Å². The van der Waals surface area contributed by atoms with Gasteiger partial charge in [0.2, 0.25) is 0 Å². The molecule has 1 aromatic rings. The molecular weight excluding hydrogens is 324 g/mol. The number of nitrogens with one attached hydrogen (secondary N) is 1. The van der Waals surface area contributed by atoms with Crippen LogP contribution >= 0.6 is 0 Å². The van der Waals surface area contributed by atoms with Crippen LogP contribution in [0.25, 0.3) is 0 Å². The average Bonchev–Trinajstić information content (AvgIpc) is 2.53. The smallest absolute Gasteiger partial charge is 0.406 e. The second-order valence-electron chi connectivity index (χ2n) is 6.03. The molecule has 0 aromatic heterocycles. The van der Waals surface area contributed by atoms with Gasteiger partial charge in [-0.25, -0.2) is 4.39 Å². The molecule has 24 heavy (non-hydrogen) atoms. The maximum Gasteiger partial charge on any atom is 0.573 e. The molecular formula is C17H24F4N2O. The summed E-state index contributed by atoms with van der Waals surface area (Å²) in [6.45, 7) is 5.18. The highest BCUT2D eigenvalue weighted by Gasteiger charge is 2.32. The number of alkyl halides is 3. The maximum atomic E-state index is 14.3. The fraction of sp³-hybridized carbons (Fsp3) is 0.647.